The first-order chi connectivity index (χ1) is 6.63. The molecule has 1 aliphatic heterocycles. The SMILES string of the molecule is Cc1cc2n(n1)CN(C)N(CO)C2=O. The maximum absolute atomic E-state index is 11.7. The van der Waals surface area contributed by atoms with Gasteiger partial charge in [0.15, 0.2) is 0 Å². The van der Waals surface area contributed by atoms with Gasteiger partial charge in [-0.1, -0.05) is 0 Å². The number of carbonyl (C=O) groups excluding carboxylic acids is 1. The van der Waals surface area contributed by atoms with Crippen LogP contribution in [-0.2, 0) is 6.67 Å². The number of amides is 1. The van der Waals surface area contributed by atoms with Crippen LogP contribution < -0.4 is 0 Å². The number of aryl methyl sites for hydroxylation is 1. The summed E-state index contributed by atoms with van der Waals surface area (Å²) in [6.45, 7) is 2.01. The standard InChI is InChI=1S/C8H12N4O2/c1-6-3-7-8(14)12(5-13)10(2)4-11(7)9-6/h3,13H,4-5H2,1-2H3. The quantitative estimate of drug-likeness (QED) is 0.651. The molecule has 0 saturated carbocycles. The Hall–Kier alpha value is -1.40. The summed E-state index contributed by atoms with van der Waals surface area (Å²) >= 11 is 0. The second kappa shape index (κ2) is 3.07. The number of hydrogen-bond donors (Lipinski definition) is 1. The number of aromatic nitrogens is 2. The molecule has 0 aliphatic carbocycles. The molecule has 1 amide bonds. The average Bonchev–Trinajstić information content (AvgIpc) is 2.47. The predicted molar refractivity (Wildman–Crippen MR) is 48.0 cm³/mol. The van der Waals surface area contributed by atoms with Crippen molar-refractivity contribution in [1.29, 1.82) is 0 Å². The van der Waals surface area contributed by atoms with E-state index in [0.29, 0.717) is 12.4 Å². The van der Waals surface area contributed by atoms with Crippen LogP contribution in [0.5, 0.6) is 0 Å². The van der Waals surface area contributed by atoms with Crippen molar-refractivity contribution < 1.29 is 9.90 Å². The molecule has 1 aromatic rings. The van der Waals surface area contributed by atoms with E-state index in [4.69, 9.17) is 5.11 Å². The first-order valence-corrected chi connectivity index (χ1v) is 4.31. The monoisotopic (exact) mass is 196 g/mol. The van der Waals surface area contributed by atoms with E-state index >= 15 is 0 Å². The fourth-order valence-corrected chi connectivity index (χ4v) is 1.56. The van der Waals surface area contributed by atoms with Gasteiger partial charge >= 0.3 is 0 Å². The molecule has 14 heavy (non-hydrogen) atoms. The van der Waals surface area contributed by atoms with Gasteiger partial charge in [-0.3, -0.25) is 4.79 Å². The molecular formula is C8H12N4O2. The number of aliphatic hydroxyl groups is 1. The van der Waals surface area contributed by atoms with Crippen LogP contribution in [0.2, 0.25) is 0 Å². The highest BCUT2D eigenvalue weighted by molar-refractivity contribution is 5.92. The molecule has 0 fully saturated rings. The Morgan fingerprint density at radius 2 is 2.36 bits per heavy atom. The van der Waals surface area contributed by atoms with Crippen LogP contribution in [0, 0.1) is 6.92 Å². The van der Waals surface area contributed by atoms with Crippen LogP contribution in [0.4, 0.5) is 0 Å². The van der Waals surface area contributed by atoms with Gasteiger partial charge in [0.2, 0.25) is 0 Å². The van der Waals surface area contributed by atoms with Gasteiger partial charge in [-0.25, -0.2) is 9.69 Å². The molecule has 2 rings (SSSR count). The average molecular weight is 196 g/mol. The molecule has 0 saturated heterocycles. The van der Waals surface area contributed by atoms with E-state index in [1.165, 1.54) is 5.01 Å². The van der Waals surface area contributed by atoms with Crippen LogP contribution in [0.3, 0.4) is 0 Å². The number of carbonyl (C=O) groups is 1. The molecule has 6 nitrogen and oxygen atoms in total. The number of nitrogens with zero attached hydrogens (tertiary/aromatic N) is 4. The van der Waals surface area contributed by atoms with Crippen molar-refractivity contribution >= 4 is 5.91 Å². The number of aliphatic hydroxyl groups excluding tert-OH is 1. The minimum absolute atomic E-state index is 0.221. The summed E-state index contributed by atoms with van der Waals surface area (Å²) in [7, 11) is 1.73. The summed E-state index contributed by atoms with van der Waals surface area (Å²) in [6.07, 6.45) is 0. The van der Waals surface area contributed by atoms with Crippen molar-refractivity contribution in [3.05, 3.63) is 17.5 Å². The highest BCUT2D eigenvalue weighted by Crippen LogP contribution is 2.14. The highest BCUT2D eigenvalue weighted by Gasteiger charge is 2.28. The molecule has 0 aromatic carbocycles. The molecule has 2 heterocycles. The molecule has 0 spiro atoms. The third-order valence-electron chi connectivity index (χ3n) is 2.24. The van der Waals surface area contributed by atoms with Crippen molar-refractivity contribution in [2.75, 3.05) is 13.8 Å². The Bertz CT molecular complexity index is 373. The lowest BCUT2D eigenvalue weighted by molar-refractivity contribution is -0.0695. The highest BCUT2D eigenvalue weighted by atomic mass is 16.3. The maximum Gasteiger partial charge on any atom is 0.288 e. The number of hydrazine groups is 1. The van der Waals surface area contributed by atoms with Crippen molar-refractivity contribution in [2.24, 2.45) is 0 Å². The van der Waals surface area contributed by atoms with E-state index in [1.807, 2.05) is 6.92 Å². The summed E-state index contributed by atoms with van der Waals surface area (Å²) < 4.78 is 1.63. The largest absolute Gasteiger partial charge is 0.375 e. The molecule has 76 valence electrons. The lowest BCUT2D eigenvalue weighted by Crippen LogP contribution is -2.50. The third-order valence-corrected chi connectivity index (χ3v) is 2.24. The van der Waals surface area contributed by atoms with Gasteiger partial charge < -0.3 is 5.11 Å². The minimum atomic E-state index is -0.306. The third kappa shape index (κ3) is 1.19. The Balaban J connectivity index is 2.43. The topological polar surface area (TPSA) is 61.6 Å². The molecule has 1 aliphatic rings. The normalized spacial score (nSPS) is 17.4. The molecule has 1 N–H and O–H groups in total. The molecule has 1 aromatic heterocycles. The number of fused-ring (bicyclic) bond motifs is 1. The molecule has 0 radical (unpaired) electrons. The fourth-order valence-electron chi connectivity index (χ4n) is 1.56. The van der Waals surface area contributed by atoms with Crippen LogP contribution >= 0.6 is 0 Å². The van der Waals surface area contributed by atoms with E-state index in [2.05, 4.69) is 5.10 Å². The van der Waals surface area contributed by atoms with Crippen molar-refractivity contribution in [3.8, 4) is 0 Å². The number of rotatable bonds is 1. The summed E-state index contributed by atoms with van der Waals surface area (Å²) in [5.41, 5.74) is 1.33. The summed E-state index contributed by atoms with van der Waals surface area (Å²) in [5, 5.41) is 16.1. The van der Waals surface area contributed by atoms with Crippen molar-refractivity contribution in [1.82, 2.24) is 19.8 Å². The van der Waals surface area contributed by atoms with Gasteiger partial charge in [-0.2, -0.15) is 10.1 Å². The minimum Gasteiger partial charge on any atom is -0.375 e. The molecule has 0 bridgehead atoms. The Morgan fingerprint density at radius 3 is 3.00 bits per heavy atom. The fraction of sp³-hybridized carbons (Fsp3) is 0.500. The van der Waals surface area contributed by atoms with Gasteiger partial charge in [0, 0.05) is 7.05 Å². The second-order valence-electron chi connectivity index (χ2n) is 3.32. The number of hydrogen-bond acceptors (Lipinski definition) is 4. The van der Waals surface area contributed by atoms with E-state index in [-0.39, 0.29) is 12.6 Å². The van der Waals surface area contributed by atoms with Gasteiger partial charge in [0.1, 0.15) is 19.1 Å². The van der Waals surface area contributed by atoms with Crippen LogP contribution in [-0.4, -0.2) is 44.6 Å². The van der Waals surface area contributed by atoms with Crippen LogP contribution in [0.1, 0.15) is 16.2 Å². The molecule has 0 atom stereocenters. The lowest BCUT2D eigenvalue weighted by atomic mass is 10.3. The summed E-state index contributed by atoms with van der Waals surface area (Å²) in [4.78, 5) is 11.7. The maximum atomic E-state index is 11.7. The smallest absolute Gasteiger partial charge is 0.288 e. The first kappa shape index (κ1) is 9.17. The molecule has 6 heteroatoms. The lowest BCUT2D eigenvalue weighted by Gasteiger charge is -2.34. The Kier molecular flexibility index (Phi) is 2.01. The predicted octanol–water partition coefficient (Wildman–Crippen LogP) is -0.599. The first-order valence-electron chi connectivity index (χ1n) is 4.31. The van der Waals surface area contributed by atoms with E-state index in [0.717, 1.165) is 5.69 Å². The van der Waals surface area contributed by atoms with Crippen LogP contribution in [0.25, 0.3) is 0 Å². The van der Waals surface area contributed by atoms with Crippen molar-refractivity contribution in [2.45, 2.75) is 13.6 Å². The van der Waals surface area contributed by atoms with Gasteiger partial charge in [0.25, 0.3) is 5.91 Å². The van der Waals surface area contributed by atoms with E-state index in [9.17, 15) is 4.79 Å². The summed E-state index contributed by atoms with van der Waals surface area (Å²) in [6, 6.07) is 1.72. The van der Waals surface area contributed by atoms with Crippen molar-refractivity contribution in [3.63, 3.8) is 0 Å². The van der Waals surface area contributed by atoms with Gasteiger partial charge in [0.05, 0.1) is 5.69 Å². The zero-order valence-corrected chi connectivity index (χ0v) is 8.14. The molecule has 0 unspecified atom stereocenters. The Labute approximate surface area is 81.3 Å². The summed E-state index contributed by atoms with van der Waals surface area (Å²) in [5.74, 6) is -0.221. The molecular weight excluding hydrogens is 184 g/mol. The zero-order valence-electron chi connectivity index (χ0n) is 8.14. The second-order valence-corrected chi connectivity index (χ2v) is 3.32. The van der Waals surface area contributed by atoms with Gasteiger partial charge in [-0.15, -0.1) is 0 Å². The Morgan fingerprint density at radius 1 is 1.64 bits per heavy atom. The zero-order chi connectivity index (χ0) is 10.3. The van der Waals surface area contributed by atoms with E-state index in [1.54, 1.807) is 22.8 Å². The van der Waals surface area contributed by atoms with Gasteiger partial charge in [-0.05, 0) is 13.0 Å². The van der Waals surface area contributed by atoms with E-state index < -0.39 is 0 Å². The van der Waals surface area contributed by atoms with Crippen LogP contribution in [0.15, 0.2) is 6.07 Å².